The fourth-order valence-corrected chi connectivity index (χ4v) is 4.30. The molecular weight excluding hydrogens is 416 g/mol. The lowest BCUT2D eigenvalue weighted by atomic mass is 9.85. The minimum absolute atomic E-state index is 0.204. The number of nitrogens with zero attached hydrogens (tertiary/aromatic N) is 3. The lowest BCUT2D eigenvalue weighted by Gasteiger charge is -2.44. The number of carbonyl (C=O) groups excluding carboxylic acids is 2. The number of rotatable bonds is 6. The van der Waals surface area contributed by atoms with Gasteiger partial charge in [0, 0.05) is 50.7 Å². The molecule has 1 aliphatic heterocycles. The van der Waals surface area contributed by atoms with Crippen molar-refractivity contribution in [2.24, 2.45) is 7.05 Å². The van der Waals surface area contributed by atoms with Crippen molar-refractivity contribution in [1.82, 2.24) is 15.1 Å². The maximum Gasteiger partial charge on any atom is 0.246 e. The van der Waals surface area contributed by atoms with Gasteiger partial charge < -0.3 is 10.1 Å². The van der Waals surface area contributed by atoms with Crippen LogP contribution in [-0.4, -0.2) is 46.2 Å². The van der Waals surface area contributed by atoms with Crippen LogP contribution in [0.4, 0.5) is 5.69 Å². The van der Waals surface area contributed by atoms with Gasteiger partial charge in [-0.05, 0) is 23.8 Å². The van der Waals surface area contributed by atoms with Crippen molar-refractivity contribution in [3.8, 4) is 0 Å². The first-order valence-corrected chi connectivity index (χ1v) is 10.8. The zero-order valence-corrected chi connectivity index (χ0v) is 18.1. The molecule has 4 rings (SSSR count). The highest BCUT2D eigenvalue weighted by atomic mass is 35.5. The molecule has 2 aromatic carbocycles. The third-order valence-corrected chi connectivity index (χ3v) is 6.05. The van der Waals surface area contributed by atoms with E-state index in [-0.39, 0.29) is 17.7 Å². The van der Waals surface area contributed by atoms with E-state index < -0.39 is 5.54 Å². The quantitative estimate of drug-likeness (QED) is 0.598. The van der Waals surface area contributed by atoms with Crippen molar-refractivity contribution in [2.45, 2.75) is 24.9 Å². The van der Waals surface area contributed by atoms with E-state index in [1.54, 1.807) is 15.8 Å². The molecule has 1 fully saturated rings. The molecule has 1 saturated heterocycles. The van der Waals surface area contributed by atoms with Crippen LogP contribution in [0.2, 0.25) is 0 Å². The molecule has 3 aromatic rings. The number of halogens is 1. The van der Waals surface area contributed by atoms with Crippen LogP contribution >= 0.6 is 11.6 Å². The van der Waals surface area contributed by atoms with Gasteiger partial charge in [0.15, 0.2) is 0 Å². The highest BCUT2D eigenvalue weighted by Gasteiger charge is 2.48. The highest BCUT2D eigenvalue weighted by molar-refractivity contribution is 6.30. The Morgan fingerprint density at radius 3 is 2.65 bits per heavy atom. The van der Waals surface area contributed by atoms with E-state index in [2.05, 4.69) is 10.4 Å². The highest BCUT2D eigenvalue weighted by Crippen LogP contribution is 2.35. The predicted molar refractivity (Wildman–Crippen MR) is 120 cm³/mol. The summed E-state index contributed by atoms with van der Waals surface area (Å²) in [6.45, 7) is 1.16. The van der Waals surface area contributed by atoms with Gasteiger partial charge >= 0.3 is 0 Å². The van der Waals surface area contributed by atoms with E-state index in [1.807, 2.05) is 55.6 Å². The number of nitrogens with one attached hydrogen (secondary N) is 1. The average molecular weight is 441 g/mol. The van der Waals surface area contributed by atoms with E-state index in [1.165, 1.54) is 0 Å². The molecule has 1 aromatic heterocycles. The summed E-state index contributed by atoms with van der Waals surface area (Å²) < 4.78 is 7.31. The normalized spacial score (nSPS) is 15.5. The van der Waals surface area contributed by atoms with E-state index in [9.17, 15) is 9.59 Å². The van der Waals surface area contributed by atoms with E-state index in [0.717, 1.165) is 16.5 Å². The minimum atomic E-state index is -1.07. The average Bonchev–Trinajstić information content (AvgIpc) is 3.18. The van der Waals surface area contributed by atoms with Crippen molar-refractivity contribution in [2.75, 3.05) is 24.0 Å². The van der Waals surface area contributed by atoms with Gasteiger partial charge in [0.05, 0.1) is 11.7 Å². The zero-order valence-electron chi connectivity index (χ0n) is 17.4. The SMILES string of the molecule is Cn1ncc2cc(N(C(=O)CCl)C3(C(=O)NCc4ccccc4)CCOCC3)ccc21. The summed E-state index contributed by atoms with van der Waals surface area (Å²) in [6.07, 6.45) is 2.52. The first-order chi connectivity index (χ1) is 15.0. The number of anilines is 1. The van der Waals surface area contributed by atoms with Crippen LogP contribution in [0.5, 0.6) is 0 Å². The Morgan fingerprint density at radius 2 is 1.94 bits per heavy atom. The lowest BCUT2D eigenvalue weighted by molar-refractivity contribution is -0.133. The van der Waals surface area contributed by atoms with Gasteiger partial charge in [-0.2, -0.15) is 5.10 Å². The largest absolute Gasteiger partial charge is 0.381 e. The smallest absolute Gasteiger partial charge is 0.246 e. The van der Waals surface area contributed by atoms with Crippen molar-refractivity contribution in [1.29, 1.82) is 0 Å². The number of hydrogen-bond donors (Lipinski definition) is 1. The monoisotopic (exact) mass is 440 g/mol. The van der Waals surface area contributed by atoms with Gasteiger partial charge in [-0.25, -0.2) is 0 Å². The number of aryl methyl sites for hydroxylation is 1. The van der Waals surface area contributed by atoms with Crippen molar-refractivity contribution >= 4 is 40.0 Å². The number of alkyl halides is 1. The summed E-state index contributed by atoms with van der Waals surface area (Å²) in [5.41, 5.74) is 1.49. The Morgan fingerprint density at radius 1 is 1.19 bits per heavy atom. The number of aromatic nitrogens is 2. The van der Waals surface area contributed by atoms with Crippen LogP contribution in [0, 0.1) is 0 Å². The first-order valence-electron chi connectivity index (χ1n) is 10.3. The van der Waals surface area contributed by atoms with Gasteiger partial charge in [-0.3, -0.25) is 19.2 Å². The van der Waals surface area contributed by atoms with Crippen LogP contribution in [0.3, 0.4) is 0 Å². The van der Waals surface area contributed by atoms with Crippen molar-refractivity contribution < 1.29 is 14.3 Å². The number of ether oxygens (including phenoxy) is 1. The Kier molecular flexibility index (Phi) is 6.25. The molecule has 1 aliphatic rings. The van der Waals surface area contributed by atoms with Crippen molar-refractivity contribution in [3.63, 3.8) is 0 Å². The molecule has 2 heterocycles. The molecule has 8 heteroatoms. The Balaban J connectivity index is 1.72. The second kappa shape index (κ2) is 9.08. The molecule has 0 bridgehead atoms. The predicted octanol–water partition coefficient (Wildman–Crippen LogP) is 3.01. The van der Waals surface area contributed by atoms with Crippen molar-refractivity contribution in [3.05, 3.63) is 60.3 Å². The molecule has 0 radical (unpaired) electrons. The third kappa shape index (κ3) is 4.16. The van der Waals surface area contributed by atoms with Crippen LogP contribution < -0.4 is 10.2 Å². The molecule has 2 amide bonds. The summed E-state index contributed by atoms with van der Waals surface area (Å²) in [6, 6.07) is 15.3. The van der Waals surface area contributed by atoms with Gasteiger partial charge in [0.2, 0.25) is 11.8 Å². The molecule has 31 heavy (non-hydrogen) atoms. The lowest BCUT2D eigenvalue weighted by Crippen LogP contribution is -2.63. The Bertz CT molecular complexity index is 1080. The van der Waals surface area contributed by atoms with Gasteiger partial charge in [0.1, 0.15) is 11.4 Å². The Labute approximate surface area is 185 Å². The first kappa shape index (κ1) is 21.3. The molecule has 0 spiro atoms. The molecule has 0 saturated carbocycles. The van der Waals surface area contributed by atoms with E-state index in [0.29, 0.717) is 38.3 Å². The summed E-state index contributed by atoms with van der Waals surface area (Å²) >= 11 is 6.01. The number of fused-ring (bicyclic) bond motifs is 1. The second-order valence-electron chi connectivity index (χ2n) is 7.69. The number of hydrogen-bond acceptors (Lipinski definition) is 4. The number of amides is 2. The summed E-state index contributed by atoms with van der Waals surface area (Å²) in [5, 5.41) is 8.20. The fourth-order valence-electron chi connectivity index (χ4n) is 4.18. The van der Waals surface area contributed by atoms with E-state index >= 15 is 0 Å². The van der Waals surface area contributed by atoms with E-state index in [4.69, 9.17) is 16.3 Å². The minimum Gasteiger partial charge on any atom is -0.381 e. The molecule has 1 N–H and O–H groups in total. The topological polar surface area (TPSA) is 76.5 Å². The molecule has 7 nitrogen and oxygen atoms in total. The summed E-state index contributed by atoms with van der Waals surface area (Å²) in [5.74, 6) is -0.745. The van der Waals surface area contributed by atoms with Gasteiger partial charge in [-0.15, -0.1) is 11.6 Å². The van der Waals surface area contributed by atoms with Gasteiger partial charge in [0.25, 0.3) is 0 Å². The van der Waals surface area contributed by atoms with Crippen LogP contribution in [0.15, 0.2) is 54.7 Å². The fraction of sp³-hybridized carbons (Fsp3) is 0.348. The number of benzene rings is 2. The number of carbonyl (C=O) groups is 2. The van der Waals surface area contributed by atoms with Crippen LogP contribution in [0.1, 0.15) is 18.4 Å². The molecule has 0 aliphatic carbocycles. The standard InChI is InChI=1S/C23H25ClN4O3/c1-27-20-8-7-19(13-18(20)16-26-27)28(21(29)14-24)23(9-11-31-12-10-23)22(30)25-15-17-5-3-2-4-6-17/h2-8,13,16H,9-12,14-15H2,1H3,(H,25,30). The van der Waals surface area contributed by atoms with Crippen LogP contribution in [0.25, 0.3) is 10.9 Å². The molecular formula is C23H25ClN4O3. The maximum atomic E-state index is 13.6. The molecule has 162 valence electrons. The maximum absolute atomic E-state index is 13.6. The molecule has 0 atom stereocenters. The third-order valence-electron chi connectivity index (χ3n) is 5.82. The van der Waals surface area contributed by atoms with Gasteiger partial charge in [-0.1, -0.05) is 30.3 Å². The Hall–Kier alpha value is -2.90. The summed E-state index contributed by atoms with van der Waals surface area (Å²) in [7, 11) is 1.86. The molecule has 0 unspecified atom stereocenters. The van der Waals surface area contributed by atoms with Crippen LogP contribution in [-0.2, 0) is 27.9 Å². The summed E-state index contributed by atoms with van der Waals surface area (Å²) in [4.78, 5) is 28.2. The zero-order chi connectivity index (χ0) is 21.8. The second-order valence-corrected chi connectivity index (χ2v) is 7.95.